The van der Waals surface area contributed by atoms with Gasteiger partial charge in [-0.25, -0.2) is 0 Å². The Morgan fingerprint density at radius 1 is 1.27 bits per heavy atom. The summed E-state index contributed by atoms with van der Waals surface area (Å²) in [5.41, 5.74) is 0.278. The molecule has 22 heavy (non-hydrogen) atoms. The molecule has 1 N–H and O–H groups in total. The summed E-state index contributed by atoms with van der Waals surface area (Å²) in [6.45, 7) is 4.94. The van der Waals surface area contributed by atoms with Gasteiger partial charge in [0.1, 0.15) is 0 Å². The summed E-state index contributed by atoms with van der Waals surface area (Å²) in [5.74, 6) is 0.623. The van der Waals surface area contributed by atoms with Gasteiger partial charge in [0, 0.05) is 31.3 Å². The lowest BCUT2D eigenvalue weighted by Crippen LogP contribution is -2.47. The largest absolute Gasteiger partial charge is 0.279 e. The fourth-order valence-corrected chi connectivity index (χ4v) is 4.32. The number of nitrogens with one attached hydrogen (secondary N) is 1. The summed E-state index contributed by atoms with van der Waals surface area (Å²) in [4.78, 5) is 10.4. The molecule has 1 aliphatic rings. The van der Waals surface area contributed by atoms with Crippen molar-refractivity contribution < 1.29 is 13.3 Å². The Kier molecular flexibility index (Phi) is 5.15. The number of piperidine rings is 1. The van der Waals surface area contributed by atoms with Gasteiger partial charge in [-0.1, -0.05) is 32.0 Å². The van der Waals surface area contributed by atoms with Crippen molar-refractivity contribution in [2.75, 3.05) is 13.1 Å². The van der Waals surface area contributed by atoms with E-state index in [0.29, 0.717) is 30.5 Å². The topological polar surface area (TPSA) is 92.6 Å². The highest BCUT2D eigenvalue weighted by Gasteiger charge is 2.30. The predicted octanol–water partition coefficient (Wildman–Crippen LogP) is 1.91. The van der Waals surface area contributed by atoms with Crippen molar-refractivity contribution in [1.82, 2.24) is 9.03 Å². The Balaban J connectivity index is 2.09. The van der Waals surface area contributed by atoms with Crippen molar-refractivity contribution in [3.05, 3.63) is 39.9 Å². The second-order valence-corrected chi connectivity index (χ2v) is 7.73. The molecule has 2 rings (SSSR count). The highest BCUT2D eigenvalue weighted by Crippen LogP contribution is 2.23. The third kappa shape index (κ3) is 4.02. The van der Waals surface area contributed by atoms with Crippen LogP contribution in [0.4, 0.5) is 5.69 Å². The van der Waals surface area contributed by atoms with Gasteiger partial charge in [0.25, 0.3) is 15.9 Å². The summed E-state index contributed by atoms with van der Waals surface area (Å²) in [7, 11) is -3.63. The second kappa shape index (κ2) is 6.72. The molecule has 122 valence electrons. The van der Waals surface area contributed by atoms with Gasteiger partial charge in [0.05, 0.1) is 4.92 Å². The average molecular weight is 327 g/mol. The lowest BCUT2D eigenvalue weighted by molar-refractivity contribution is -0.385. The maximum Gasteiger partial charge on any atom is 0.279 e. The van der Waals surface area contributed by atoms with Gasteiger partial charge in [-0.2, -0.15) is 17.4 Å². The molecule has 1 aromatic rings. The van der Waals surface area contributed by atoms with Gasteiger partial charge >= 0.3 is 0 Å². The summed E-state index contributed by atoms with van der Waals surface area (Å²) < 4.78 is 28.7. The van der Waals surface area contributed by atoms with Crippen LogP contribution in [-0.2, 0) is 16.8 Å². The summed E-state index contributed by atoms with van der Waals surface area (Å²) in [5, 5.41) is 11.0. The third-order valence-electron chi connectivity index (χ3n) is 3.81. The molecule has 8 heteroatoms. The van der Waals surface area contributed by atoms with Crippen LogP contribution < -0.4 is 4.72 Å². The van der Waals surface area contributed by atoms with Crippen LogP contribution in [0.5, 0.6) is 0 Å². The minimum atomic E-state index is -3.63. The molecule has 1 aromatic carbocycles. The highest BCUT2D eigenvalue weighted by molar-refractivity contribution is 7.87. The number of nitro benzene ring substituents is 1. The van der Waals surface area contributed by atoms with Crippen molar-refractivity contribution in [2.24, 2.45) is 11.8 Å². The number of hydrogen-bond donors (Lipinski definition) is 1. The molecule has 0 aromatic heterocycles. The summed E-state index contributed by atoms with van der Waals surface area (Å²) in [6, 6.07) is 6.14. The van der Waals surface area contributed by atoms with E-state index < -0.39 is 15.1 Å². The quantitative estimate of drug-likeness (QED) is 0.660. The van der Waals surface area contributed by atoms with E-state index in [2.05, 4.69) is 4.72 Å². The van der Waals surface area contributed by atoms with Crippen molar-refractivity contribution in [1.29, 1.82) is 0 Å². The summed E-state index contributed by atoms with van der Waals surface area (Å²) in [6.07, 6.45) is 1.01. The number of nitro groups is 1. The number of hydrogen-bond acceptors (Lipinski definition) is 4. The fraction of sp³-hybridized carbons (Fsp3) is 0.571. The smallest absolute Gasteiger partial charge is 0.258 e. The maximum absolute atomic E-state index is 12.4. The van der Waals surface area contributed by atoms with E-state index in [4.69, 9.17) is 0 Å². The van der Waals surface area contributed by atoms with E-state index in [0.717, 1.165) is 6.42 Å². The molecule has 0 aliphatic carbocycles. The van der Waals surface area contributed by atoms with Crippen molar-refractivity contribution >= 4 is 15.9 Å². The Labute approximate surface area is 130 Å². The first kappa shape index (κ1) is 16.9. The van der Waals surface area contributed by atoms with E-state index in [-0.39, 0.29) is 12.2 Å². The standard InChI is InChI=1S/C14H21N3O4S/c1-11-7-12(2)10-16(9-11)22(20,21)15-8-13-5-3-4-6-14(13)17(18)19/h3-6,11-12,15H,7-10H2,1-2H3. The number of benzene rings is 1. The Bertz CT molecular complexity index is 637. The zero-order valence-electron chi connectivity index (χ0n) is 12.7. The molecule has 1 aliphatic heterocycles. The molecular formula is C14H21N3O4S. The number of rotatable bonds is 5. The fourth-order valence-electron chi connectivity index (χ4n) is 2.90. The molecule has 1 heterocycles. The Morgan fingerprint density at radius 2 is 1.86 bits per heavy atom. The van der Waals surface area contributed by atoms with Gasteiger partial charge in [-0.15, -0.1) is 0 Å². The average Bonchev–Trinajstić information content (AvgIpc) is 2.44. The van der Waals surface area contributed by atoms with Crippen molar-refractivity contribution in [2.45, 2.75) is 26.8 Å². The molecule has 2 atom stereocenters. The minimum absolute atomic E-state index is 0.0782. The molecule has 2 unspecified atom stereocenters. The van der Waals surface area contributed by atoms with E-state index in [1.165, 1.54) is 10.4 Å². The van der Waals surface area contributed by atoms with Crippen LogP contribution in [0.3, 0.4) is 0 Å². The molecule has 1 saturated heterocycles. The van der Waals surface area contributed by atoms with Crippen LogP contribution in [0.15, 0.2) is 24.3 Å². The lowest BCUT2D eigenvalue weighted by atomic mass is 9.94. The maximum atomic E-state index is 12.4. The van der Waals surface area contributed by atoms with Gasteiger partial charge in [-0.05, 0) is 18.3 Å². The van der Waals surface area contributed by atoms with Crippen LogP contribution in [0, 0.1) is 22.0 Å². The van der Waals surface area contributed by atoms with Crippen LogP contribution in [0.1, 0.15) is 25.8 Å². The Hall–Kier alpha value is -1.51. The normalized spacial score (nSPS) is 23.4. The van der Waals surface area contributed by atoms with Crippen LogP contribution in [0.25, 0.3) is 0 Å². The second-order valence-electron chi connectivity index (χ2n) is 5.98. The molecule has 0 spiro atoms. The zero-order chi connectivity index (χ0) is 16.3. The van der Waals surface area contributed by atoms with E-state index in [9.17, 15) is 18.5 Å². The number of para-hydroxylation sites is 1. The molecule has 0 saturated carbocycles. The van der Waals surface area contributed by atoms with Gasteiger partial charge in [0.15, 0.2) is 0 Å². The monoisotopic (exact) mass is 327 g/mol. The summed E-state index contributed by atoms with van der Waals surface area (Å²) >= 11 is 0. The first-order valence-electron chi connectivity index (χ1n) is 7.26. The van der Waals surface area contributed by atoms with Crippen molar-refractivity contribution in [3.8, 4) is 0 Å². The van der Waals surface area contributed by atoms with Crippen LogP contribution in [-0.4, -0.2) is 30.7 Å². The van der Waals surface area contributed by atoms with E-state index >= 15 is 0 Å². The lowest BCUT2D eigenvalue weighted by Gasteiger charge is -2.33. The van der Waals surface area contributed by atoms with Gasteiger partial charge in [0.2, 0.25) is 0 Å². The molecular weight excluding hydrogens is 306 g/mol. The SMILES string of the molecule is CC1CC(C)CN(S(=O)(=O)NCc2ccccc2[N+](=O)[O-])C1. The van der Waals surface area contributed by atoms with Gasteiger partial charge < -0.3 is 0 Å². The molecule has 1 fully saturated rings. The molecule has 7 nitrogen and oxygen atoms in total. The van der Waals surface area contributed by atoms with Crippen LogP contribution >= 0.6 is 0 Å². The number of nitrogens with zero attached hydrogens (tertiary/aromatic N) is 2. The molecule has 0 bridgehead atoms. The Morgan fingerprint density at radius 3 is 2.45 bits per heavy atom. The third-order valence-corrected chi connectivity index (χ3v) is 5.30. The first-order valence-corrected chi connectivity index (χ1v) is 8.70. The van der Waals surface area contributed by atoms with Crippen LogP contribution in [0.2, 0.25) is 0 Å². The first-order chi connectivity index (χ1) is 10.3. The zero-order valence-corrected chi connectivity index (χ0v) is 13.5. The van der Waals surface area contributed by atoms with Gasteiger partial charge in [-0.3, -0.25) is 10.1 Å². The van der Waals surface area contributed by atoms with E-state index in [1.54, 1.807) is 18.2 Å². The highest BCUT2D eigenvalue weighted by atomic mass is 32.2. The predicted molar refractivity (Wildman–Crippen MR) is 83.4 cm³/mol. The molecule has 0 radical (unpaired) electrons. The minimum Gasteiger partial charge on any atom is -0.258 e. The van der Waals surface area contributed by atoms with E-state index in [1.807, 2.05) is 13.8 Å². The van der Waals surface area contributed by atoms with Crippen molar-refractivity contribution in [3.63, 3.8) is 0 Å². The molecule has 0 amide bonds.